The van der Waals surface area contributed by atoms with E-state index in [1.165, 1.54) is 13.8 Å². The van der Waals surface area contributed by atoms with Crippen molar-refractivity contribution in [2.45, 2.75) is 18.7 Å². The predicted molar refractivity (Wildman–Crippen MR) is 54.4 cm³/mol. The van der Waals surface area contributed by atoms with Crippen LogP contribution in [-0.2, 0) is 10.1 Å². The molecule has 10 heteroatoms. The minimum atomic E-state index is -4.66. The molecular formula is C10H8Na2O7S. The first-order chi connectivity index (χ1) is 8.07. The summed E-state index contributed by atoms with van der Waals surface area (Å²) in [6.45, 7) is 2.45. The van der Waals surface area contributed by atoms with Crippen molar-refractivity contribution in [1.29, 1.82) is 0 Å². The van der Waals surface area contributed by atoms with Crippen LogP contribution in [0, 0.1) is 13.8 Å². The molecule has 0 bridgehead atoms. The first-order valence-corrected chi connectivity index (χ1v) is 6.05. The van der Waals surface area contributed by atoms with E-state index in [9.17, 15) is 28.2 Å². The second kappa shape index (κ2) is 7.90. The van der Waals surface area contributed by atoms with E-state index in [1.807, 2.05) is 0 Å². The van der Waals surface area contributed by atoms with Crippen LogP contribution < -0.4 is 69.3 Å². The van der Waals surface area contributed by atoms with E-state index in [1.54, 1.807) is 0 Å². The van der Waals surface area contributed by atoms with Crippen molar-refractivity contribution in [3.05, 3.63) is 28.3 Å². The van der Waals surface area contributed by atoms with Crippen molar-refractivity contribution < 1.29 is 91.9 Å². The van der Waals surface area contributed by atoms with Gasteiger partial charge in [0, 0.05) is 11.1 Å². The number of hydrogen-bond acceptors (Lipinski definition) is 6. The van der Waals surface area contributed by atoms with Crippen LogP contribution >= 0.6 is 0 Å². The fourth-order valence-electron chi connectivity index (χ4n) is 1.58. The van der Waals surface area contributed by atoms with Crippen LogP contribution in [0.2, 0.25) is 0 Å². The van der Waals surface area contributed by atoms with Crippen LogP contribution in [0.4, 0.5) is 0 Å². The molecule has 0 amide bonds. The summed E-state index contributed by atoms with van der Waals surface area (Å²) in [7, 11) is -4.66. The minimum Gasteiger partial charge on any atom is -0.545 e. The van der Waals surface area contributed by atoms with Gasteiger partial charge in [-0.15, -0.1) is 0 Å². The molecule has 0 atom stereocenters. The maximum atomic E-state index is 11.0. The van der Waals surface area contributed by atoms with Crippen molar-refractivity contribution in [2.75, 3.05) is 0 Å². The number of benzene rings is 1. The zero-order chi connectivity index (χ0) is 14.2. The quantitative estimate of drug-likeness (QED) is 0.432. The van der Waals surface area contributed by atoms with Crippen LogP contribution in [0.5, 0.6) is 0 Å². The van der Waals surface area contributed by atoms with Crippen LogP contribution in [0.1, 0.15) is 31.8 Å². The van der Waals surface area contributed by atoms with Crippen molar-refractivity contribution in [1.82, 2.24) is 0 Å². The van der Waals surface area contributed by atoms with Gasteiger partial charge in [-0.2, -0.15) is 8.42 Å². The minimum absolute atomic E-state index is 0. The summed E-state index contributed by atoms with van der Waals surface area (Å²) >= 11 is 0. The second-order valence-electron chi connectivity index (χ2n) is 3.60. The molecule has 0 aliphatic heterocycles. The zero-order valence-corrected chi connectivity index (χ0v) is 16.2. The summed E-state index contributed by atoms with van der Waals surface area (Å²) in [6, 6.07) is 0.540. The van der Waals surface area contributed by atoms with Crippen LogP contribution in [0.15, 0.2) is 11.0 Å². The first-order valence-electron chi connectivity index (χ1n) is 4.61. The molecule has 0 radical (unpaired) electrons. The van der Waals surface area contributed by atoms with Gasteiger partial charge in [0.2, 0.25) is 0 Å². The van der Waals surface area contributed by atoms with Gasteiger partial charge in [-0.3, -0.25) is 4.55 Å². The molecule has 1 rings (SSSR count). The summed E-state index contributed by atoms with van der Waals surface area (Å²) in [4.78, 5) is 21.0. The molecule has 0 spiro atoms. The zero-order valence-electron chi connectivity index (χ0n) is 11.4. The Balaban J connectivity index is 0. The molecular weight excluding hydrogens is 310 g/mol. The van der Waals surface area contributed by atoms with E-state index in [0.717, 1.165) is 0 Å². The third-order valence-electron chi connectivity index (χ3n) is 2.55. The summed E-state index contributed by atoms with van der Waals surface area (Å²) in [5, 5.41) is 21.6. The van der Waals surface area contributed by atoms with Crippen molar-refractivity contribution in [3.8, 4) is 0 Å². The molecule has 0 saturated carbocycles. The SMILES string of the molecule is Cc1c(S(=O)(=O)O)cc(C(=O)[O-])c(C(=O)[O-])c1C.[Na+].[Na+]. The third-order valence-corrected chi connectivity index (χ3v) is 3.53. The average molecular weight is 318 g/mol. The number of carbonyl (C=O) groups excluding carboxylic acids is 2. The fraction of sp³-hybridized carbons (Fsp3) is 0.200. The molecule has 1 aromatic rings. The van der Waals surface area contributed by atoms with Gasteiger partial charge in [-0.25, -0.2) is 0 Å². The van der Waals surface area contributed by atoms with Gasteiger partial charge in [-0.1, -0.05) is 0 Å². The molecule has 1 aromatic carbocycles. The number of rotatable bonds is 3. The summed E-state index contributed by atoms with van der Waals surface area (Å²) < 4.78 is 31.0. The number of carbonyl (C=O) groups is 2. The molecule has 20 heavy (non-hydrogen) atoms. The molecule has 0 fully saturated rings. The van der Waals surface area contributed by atoms with E-state index >= 15 is 0 Å². The number of carboxylic acids is 2. The topological polar surface area (TPSA) is 135 Å². The molecule has 98 valence electrons. The van der Waals surface area contributed by atoms with Gasteiger partial charge in [0.25, 0.3) is 10.1 Å². The monoisotopic (exact) mass is 318 g/mol. The first kappa shape index (κ1) is 22.4. The van der Waals surface area contributed by atoms with Gasteiger partial charge < -0.3 is 19.8 Å². The van der Waals surface area contributed by atoms with E-state index in [-0.39, 0.29) is 70.2 Å². The van der Waals surface area contributed by atoms with Gasteiger partial charge >= 0.3 is 59.1 Å². The maximum Gasteiger partial charge on any atom is 1.00 e. The molecule has 0 aliphatic rings. The summed E-state index contributed by atoms with van der Waals surface area (Å²) in [6.07, 6.45) is 0. The van der Waals surface area contributed by atoms with Gasteiger partial charge in [0.1, 0.15) is 0 Å². The van der Waals surface area contributed by atoms with Crippen LogP contribution in [0.3, 0.4) is 0 Å². The third kappa shape index (κ3) is 4.54. The number of hydrogen-bond donors (Lipinski definition) is 1. The number of aromatic carboxylic acids is 2. The fourth-order valence-corrected chi connectivity index (χ4v) is 2.38. The van der Waals surface area contributed by atoms with E-state index in [4.69, 9.17) is 4.55 Å². The van der Waals surface area contributed by atoms with Gasteiger partial charge in [-0.05, 0) is 31.0 Å². The summed E-state index contributed by atoms with van der Waals surface area (Å²) in [5.74, 6) is -3.64. The standard InChI is InChI=1S/C10H10O7S.2Na/c1-4-5(2)8(10(13)14)6(9(11)12)3-7(4)18(15,16)17;;/h3H,1-2H3,(H,11,12)(H,13,14)(H,15,16,17);;/q;2*+1/p-2. The van der Waals surface area contributed by atoms with Gasteiger partial charge in [0.15, 0.2) is 0 Å². The Morgan fingerprint density at radius 3 is 1.80 bits per heavy atom. The Morgan fingerprint density at radius 1 is 1.05 bits per heavy atom. The van der Waals surface area contributed by atoms with Gasteiger partial charge in [0.05, 0.1) is 16.8 Å². The average Bonchev–Trinajstić information content (AvgIpc) is 2.18. The molecule has 0 aliphatic carbocycles. The molecule has 0 unspecified atom stereocenters. The van der Waals surface area contributed by atoms with E-state index in [2.05, 4.69) is 0 Å². The van der Waals surface area contributed by atoms with E-state index in [0.29, 0.717) is 6.07 Å². The Kier molecular flexibility index (Phi) is 8.83. The van der Waals surface area contributed by atoms with Crippen molar-refractivity contribution >= 4 is 22.1 Å². The maximum absolute atomic E-state index is 11.0. The normalized spacial score (nSPS) is 10.2. The van der Waals surface area contributed by atoms with Crippen LogP contribution in [-0.4, -0.2) is 24.9 Å². The smallest absolute Gasteiger partial charge is 0.545 e. The molecule has 0 aromatic heterocycles. The summed E-state index contributed by atoms with van der Waals surface area (Å²) in [5.41, 5.74) is -1.71. The number of carboxylic acid groups (broad SMARTS) is 2. The Bertz CT molecular complexity index is 652. The Hall–Kier alpha value is 0.0700. The predicted octanol–water partition coefficient (Wildman–Crippen LogP) is -7.71. The molecule has 1 N–H and O–H groups in total. The van der Waals surface area contributed by atoms with E-state index < -0.39 is 38.1 Å². The molecule has 0 heterocycles. The molecule has 7 nitrogen and oxygen atoms in total. The van der Waals surface area contributed by atoms with Crippen molar-refractivity contribution in [2.24, 2.45) is 0 Å². The van der Waals surface area contributed by atoms with Crippen molar-refractivity contribution in [3.63, 3.8) is 0 Å². The second-order valence-corrected chi connectivity index (χ2v) is 4.99. The molecule has 0 saturated heterocycles. The van der Waals surface area contributed by atoms with Crippen LogP contribution in [0.25, 0.3) is 0 Å². The Labute approximate surface area is 159 Å². The largest absolute Gasteiger partial charge is 1.00 e. The Morgan fingerprint density at radius 2 is 1.50 bits per heavy atom.